The molecular formula is C18H10FNO5. The molecule has 0 saturated carbocycles. The van der Waals surface area contributed by atoms with Gasteiger partial charge in [0.1, 0.15) is 17.1 Å². The first kappa shape index (κ1) is 15.1. The molecule has 1 atom stereocenters. The Labute approximate surface area is 140 Å². The number of aliphatic hydroxyl groups excluding tert-OH is 1. The van der Waals surface area contributed by atoms with Gasteiger partial charge in [-0.3, -0.25) is 9.59 Å². The lowest BCUT2D eigenvalue weighted by Crippen LogP contribution is -2.36. The summed E-state index contributed by atoms with van der Waals surface area (Å²) < 4.78 is 18.3. The highest BCUT2D eigenvalue weighted by molar-refractivity contribution is 6.47. The Bertz CT molecular complexity index is 979. The Balaban J connectivity index is 2.01. The van der Waals surface area contributed by atoms with Gasteiger partial charge in [0.15, 0.2) is 0 Å². The molecule has 0 aromatic heterocycles. The van der Waals surface area contributed by atoms with Crippen LogP contribution in [0, 0.1) is 5.82 Å². The van der Waals surface area contributed by atoms with E-state index in [-0.39, 0.29) is 11.1 Å². The van der Waals surface area contributed by atoms with Gasteiger partial charge >= 0.3 is 5.97 Å². The maximum atomic E-state index is 13.1. The number of aliphatic hydroxyl groups is 1. The molecular weight excluding hydrogens is 329 g/mol. The van der Waals surface area contributed by atoms with E-state index in [2.05, 4.69) is 5.32 Å². The van der Waals surface area contributed by atoms with Crippen LogP contribution in [0.15, 0.2) is 54.1 Å². The van der Waals surface area contributed by atoms with E-state index in [1.54, 1.807) is 18.2 Å². The average molecular weight is 339 g/mol. The zero-order valence-electron chi connectivity index (χ0n) is 12.6. The number of fused-ring (bicyclic) bond motifs is 2. The first-order valence-corrected chi connectivity index (χ1v) is 7.33. The minimum atomic E-state index is -2.05. The molecule has 2 aromatic rings. The van der Waals surface area contributed by atoms with Crippen LogP contribution in [0.5, 0.6) is 0 Å². The van der Waals surface area contributed by atoms with Gasteiger partial charge in [-0.05, 0) is 30.3 Å². The third-order valence-corrected chi connectivity index (χ3v) is 4.24. The van der Waals surface area contributed by atoms with Gasteiger partial charge in [-0.1, -0.05) is 18.2 Å². The highest BCUT2D eigenvalue weighted by Gasteiger charge is 2.63. The summed E-state index contributed by atoms with van der Waals surface area (Å²) in [5.74, 6) is -4.26. The second-order valence-electron chi connectivity index (χ2n) is 5.63. The number of ether oxygens (including phenoxy) is 1. The molecule has 1 fully saturated rings. The van der Waals surface area contributed by atoms with Crippen molar-refractivity contribution in [3.8, 4) is 0 Å². The number of carbonyl (C=O) groups excluding carboxylic acids is 3. The molecule has 25 heavy (non-hydrogen) atoms. The van der Waals surface area contributed by atoms with Gasteiger partial charge in [0.2, 0.25) is 0 Å². The summed E-state index contributed by atoms with van der Waals surface area (Å²) in [5.41, 5.74) is -1.82. The number of ketones is 1. The number of hydrogen-bond donors (Lipinski definition) is 2. The van der Waals surface area contributed by atoms with Gasteiger partial charge in [-0.25, -0.2) is 9.18 Å². The normalized spacial score (nSPS) is 23.5. The van der Waals surface area contributed by atoms with Crippen molar-refractivity contribution in [3.63, 3.8) is 0 Å². The van der Waals surface area contributed by atoms with Gasteiger partial charge in [0.25, 0.3) is 17.3 Å². The number of halogens is 1. The van der Waals surface area contributed by atoms with E-state index in [9.17, 15) is 23.9 Å². The molecule has 2 heterocycles. The molecule has 0 radical (unpaired) electrons. The van der Waals surface area contributed by atoms with Crippen molar-refractivity contribution in [3.05, 3.63) is 71.0 Å². The predicted molar refractivity (Wildman–Crippen MR) is 83.8 cm³/mol. The number of amides is 1. The summed E-state index contributed by atoms with van der Waals surface area (Å²) in [7, 11) is 0. The number of benzene rings is 2. The molecule has 1 amide bonds. The molecule has 1 spiro atoms. The number of Topliss-reactive ketones (excluding diaryl/α,β-unsaturated/α-hetero) is 1. The number of anilines is 1. The van der Waals surface area contributed by atoms with Gasteiger partial charge in [-0.2, -0.15) is 0 Å². The molecule has 2 aromatic carbocycles. The van der Waals surface area contributed by atoms with E-state index in [4.69, 9.17) is 4.74 Å². The Morgan fingerprint density at radius 3 is 2.44 bits per heavy atom. The number of para-hydroxylation sites is 1. The van der Waals surface area contributed by atoms with Crippen molar-refractivity contribution in [1.82, 2.24) is 0 Å². The summed E-state index contributed by atoms with van der Waals surface area (Å²) in [5, 5.41) is 13.1. The Kier molecular flexibility index (Phi) is 3.02. The van der Waals surface area contributed by atoms with E-state index in [0.717, 1.165) is 12.1 Å². The summed E-state index contributed by atoms with van der Waals surface area (Å²) in [4.78, 5) is 36.9. The molecule has 1 unspecified atom stereocenters. The summed E-state index contributed by atoms with van der Waals surface area (Å²) in [6, 6.07) is 11.0. The predicted octanol–water partition coefficient (Wildman–Crippen LogP) is 2.07. The van der Waals surface area contributed by atoms with Gasteiger partial charge in [0.05, 0.1) is 0 Å². The largest absolute Gasteiger partial charge is 0.507 e. The zero-order valence-corrected chi connectivity index (χ0v) is 12.6. The lowest BCUT2D eigenvalue weighted by atomic mass is 9.85. The fourth-order valence-electron chi connectivity index (χ4n) is 3.11. The van der Waals surface area contributed by atoms with E-state index in [0.29, 0.717) is 5.69 Å². The molecule has 0 bridgehead atoms. The van der Waals surface area contributed by atoms with Crippen molar-refractivity contribution >= 4 is 29.1 Å². The number of carbonyl (C=O) groups is 3. The quantitative estimate of drug-likeness (QED) is 0.359. The van der Waals surface area contributed by atoms with Crippen LogP contribution in [0.4, 0.5) is 10.1 Å². The second-order valence-corrected chi connectivity index (χ2v) is 5.63. The number of esters is 1. The molecule has 124 valence electrons. The van der Waals surface area contributed by atoms with Gasteiger partial charge in [0, 0.05) is 16.8 Å². The molecule has 2 N–H and O–H groups in total. The molecule has 6 nitrogen and oxygen atoms in total. The van der Waals surface area contributed by atoms with Crippen LogP contribution >= 0.6 is 0 Å². The van der Waals surface area contributed by atoms with Crippen LogP contribution < -0.4 is 5.32 Å². The van der Waals surface area contributed by atoms with Crippen LogP contribution in [0.3, 0.4) is 0 Å². The molecule has 2 aliphatic heterocycles. The van der Waals surface area contributed by atoms with Crippen molar-refractivity contribution in [2.45, 2.75) is 5.60 Å². The summed E-state index contributed by atoms with van der Waals surface area (Å²) >= 11 is 0. The van der Waals surface area contributed by atoms with E-state index in [1.165, 1.54) is 18.2 Å². The van der Waals surface area contributed by atoms with Crippen LogP contribution in [-0.2, 0) is 24.7 Å². The monoisotopic (exact) mass is 339 g/mol. The van der Waals surface area contributed by atoms with E-state index < -0.39 is 40.4 Å². The molecule has 4 rings (SSSR count). The summed E-state index contributed by atoms with van der Waals surface area (Å²) in [6.45, 7) is 0. The fourth-order valence-corrected chi connectivity index (χ4v) is 3.11. The molecule has 2 aliphatic rings. The zero-order chi connectivity index (χ0) is 17.8. The Morgan fingerprint density at radius 1 is 1.04 bits per heavy atom. The minimum Gasteiger partial charge on any atom is -0.507 e. The van der Waals surface area contributed by atoms with Crippen molar-refractivity contribution < 1.29 is 28.6 Å². The highest BCUT2D eigenvalue weighted by Crippen LogP contribution is 2.49. The maximum absolute atomic E-state index is 13.1. The first-order chi connectivity index (χ1) is 11.9. The topological polar surface area (TPSA) is 92.7 Å². The van der Waals surface area contributed by atoms with Crippen LogP contribution in [-0.4, -0.2) is 22.8 Å². The summed E-state index contributed by atoms with van der Waals surface area (Å²) in [6.07, 6.45) is 0. The third kappa shape index (κ3) is 1.92. The second kappa shape index (κ2) is 5.01. The number of nitrogens with one attached hydrogen (secondary N) is 1. The van der Waals surface area contributed by atoms with Gasteiger partial charge < -0.3 is 15.2 Å². The smallest absolute Gasteiger partial charge is 0.381 e. The molecule has 7 heteroatoms. The standard InChI is InChI=1S/C18H10FNO5/c19-10-7-5-9(6-8-10)14(21)13-15(22)16(23)25-18(13)11-3-1-2-4-12(11)20-17(18)24/h1-8,21H,(H,20,24). The van der Waals surface area contributed by atoms with E-state index >= 15 is 0 Å². The number of hydrogen-bond acceptors (Lipinski definition) is 5. The average Bonchev–Trinajstić information content (AvgIpc) is 3.03. The lowest BCUT2D eigenvalue weighted by Gasteiger charge is -2.21. The maximum Gasteiger partial charge on any atom is 0.381 e. The molecule has 0 aliphatic carbocycles. The Hall–Kier alpha value is -3.48. The first-order valence-electron chi connectivity index (χ1n) is 7.33. The Morgan fingerprint density at radius 2 is 1.72 bits per heavy atom. The molecule has 1 saturated heterocycles. The van der Waals surface area contributed by atoms with Crippen molar-refractivity contribution in [2.75, 3.05) is 5.32 Å². The van der Waals surface area contributed by atoms with Crippen molar-refractivity contribution in [1.29, 1.82) is 0 Å². The van der Waals surface area contributed by atoms with Crippen molar-refractivity contribution in [2.24, 2.45) is 0 Å². The lowest BCUT2D eigenvalue weighted by molar-refractivity contribution is -0.157. The third-order valence-electron chi connectivity index (χ3n) is 4.24. The van der Waals surface area contributed by atoms with Crippen LogP contribution in [0.2, 0.25) is 0 Å². The number of rotatable bonds is 1. The van der Waals surface area contributed by atoms with Gasteiger partial charge in [-0.15, -0.1) is 0 Å². The minimum absolute atomic E-state index is 0.0830. The van der Waals surface area contributed by atoms with E-state index in [1.807, 2.05) is 0 Å². The SMILES string of the molecule is O=C1OC2(C(=O)Nc3ccccc32)C(=C(O)c2ccc(F)cc2)C1=O. The highest BCUT2D eigenvalue weighted by atomic mass is 19.1. The van der Waals surface area contributed by atoms with Crippen LogP contribution in [0.1, 0.15) is 11.1 Å². The van der Waals surface area contributed by atoms with Crippen LogP contribution in [0.25, 0.3) is 5.76 Å². The fraction of sp³-hybridized carbons (Fsp3) is 0.0556.